The van der Waals surface area contributed by atoms with Gasteiger partial charge in [0.05, 0.1) is 15.8 Å². The molecule has 2 N–H and O–H groups in total. The van der Waals surface area contributed by atoms with Gasteiger partial charge < -0.3 is 0 Å². The number of hydrogen-bond donors (Lipinski definition) is 2. The summed E-state index contributed by atoms with van der Waals surface area (Å²) in [5, 5.41) is 0.901. The highest BCUT2D eigenvalue weighted by atomic mass is 35.5. The second-order valence-corrected chi connectivity index (χ2v) is 7.31. The van der Waals surface area contributed by atoms with Gasteiger partial charge in [-0.2, -0.15) is 0 Å². The van der Waals surface area contributed by atoms with Gasteiger partial charge in [0.1, 0.15) is 0 Å². The Bertz CT molecular complexity index is 1080. The molecule has 0 unspecified atom stereocenters. The average molecular weight is 379 g/mol. The third-order valence-electron chi connectivity index (χ3n) is 3.60. The van der Waals surface area contributed by atoms with Crippen LogP contribution in [0.3, 0.4) is 0 Å². The van der Waals surface area contributed by atoms with Crippen molar-refractivity contribution in [1.82, 2.24) is 14.4 Å². The van der Waals surface area contributed by atoms with Gasteiger partial charge in [-0.05, 0) is 43.3 Å². The molecule has 1 aromatic heterocycles. The van der Waals surface area contributed by atoms with Crippen molar-refractivity contribution in [2.45, 2.75) is 18.4 Å². The van der Waals surface area contributed by atoms with Gasteiger partial charge in [-0.3, -0.25) is 14.8 Å². The molecule has 0 spiro atoms. The first-order valence-corrected chi connectivity index (χ1v) is 9.31. The number of nitrogens with zero attached hydrogens (tertiary/aromatic N) is 2. The maximum Gasteiger partial charge on any atom is 0.262 e. The minimum absolute atomic E-state index is 0.0376. The molecule has 0 radical (unpaired) electrons. The Morgan fingerprint density at radius 3 is 2.48 bits per heavy atom. The number of aromatic nitrogens is 2. The number of hydrogen-bond acceptors (Lipinski definition) is 5. The van der Waals surface area contributed by atoms with Crippen LogP contribution in [0.1, 0.15) is 6.92 Å². The van der Waals surface area contributed by atoms with E-state index in [1.807, 2.05) is 0 Å². The maximum atomic E-state index is 12.5. The summed E-state index contributed by atoms with van der Waals surface area (Å²) < 4.78 is 26.0. The largest absolute Gasteiger partial charge is 0.278 e. The van der Waals surface area contributed by atoms with Crippen LogP contribution in [0.5, 0.6) is 0 Å². The summed E-state index contributed by atoms with van der Waals surface area (Å²) in [6, 6.07) is 12.6. The third-order valence-corrected chi connectivity index (χ3v) is 5.11. The number of fused-ring (bicyclic) bond motifs is 1. The van der Waals surface area contributed by atoms with E-state index in [0.29, 0.717) is 22.5 Å². The molecule has 0 aliphatic carbocycles. The Hall–Kier alpha value is -2.42. The Morgan fingerprint density at radius 2 is 1.80 bits per heavy atom. The third kappa shape index (κ3) is 3.51. The minimum Gasteiger partial charge on any atom is -0.278 e. The molecule has 130 valence electrons. The Labute approximate surface area is 149 Å². The topological polar surface area (TPSA) is 93.1 Å². The highest BCUT2D eigenvalue weighted by molar-refractivity contribution is 7.89. The standard InChI is InChI=1S/C16H15ClN4O3S/c1-2-21-15(22)13-5-3-4-6-14(13)18-16(21)19-20-25(23,24)12-9-7-11(17)8-10-12/h3-10,20H,2H2,1H3,(H,18,19). The summed E-state index contributed by atoms with van der Waals surface area (Å²) in [7, 11) is -3.84. The minimum atomic E-state index is -3.84. The molecule has 2 aromatic carbocycles. The van der Waals surface area contributed by atoms with E-state index >= 15 is 0 Å². The molecule has 0 atom stereocenters. The fourth-order valence-electron chi connectivity index (χ4n) is 2.34. The van der Waals surface area contributed by atoms with E-state index in [1.54, 1.807) is 31.2 Å². The first-order valence-electron chi connectivity index (χ1n) is 7.45. The van der Waals surface area contributed by atoms with Crippen LogP contribution in [-0.2, 0) is 16.6 Å². The van der Waals surface area contributed by atoms with Crippen molar-refractivity contribution < 1.29 is 8.42 Å². The zero-order valence-electron chi connectivity index (χ0n) is 13.2. The van der Waals surface area contributed by atoms with Gasteiger partial charge >= 0.3 is 0 Å². The number of nitrogens with one attached hydrogen (secondary N) is 2. The monoisotopic (exact) mass is 378 g/mol. The lowest BCUT2D eigenvalue weighted by Crippen LogP contribution is -2.34. The van der Waals surface area contributed by atoms with Gasteiger partial charge in [0, 0.05) is 11.6 Å². The summed E-state index contributed by atoms with van der Waals surface area (Å²) in [4.78, 5) is 19.1. The highest BCUT2D eigenvalue weighted by Crippen LogP contribution is 2.15. The zero-order valence-corrected chi connectivity index (χ0v) is 14.8. The molecule has 0 bridgehead atoms. The number of rotatable bonds is 5. The van der Waals surface area contributed by atoms with Crippen molar-refractivity contribution in [3.05, 3.63) is 63.9 Å². The fraction of sp³-hybridized carbons (Fsp3) is 0.125. The average Bonchev–Trinajstić information content (AvgIpc) is 2.60. The van der Waals surface area contributed by atoms with E-state index in [9.17, 15) is 13.2 Å². The van der Waals surface area contributed by atoms with E-state index < -0.39 is 10.0 Å². The van der Waals surface area contributed by atoms with Crippen LogP contribution < -0.4 is 15.8 Å². The summed E-state index contributed by atoms with van der Waals surface area (Å²) in [6.45, 7) is 2.11. The molecule has 25 heavy (non-hydrogen) atoms. The molecule has 1 heterocycles. The van der Waals surface area contributed by atoms with Crippen molar-refractivity contribution in [2.24, 2.45) is 0 Å². The van der Waals surface area contributed by atoms with Gasteiger partial charge in [-0.25, -0.2) is 13.4 Å². The van der Waals surface area contributed by atoms with E-state index in [2.05, 4.69) is 15.2 Å². The summed E-state index contributed by atoms with van der Waals surface area (Å²) >= 11 is 5.77. The van der Waals surface area contributed by atoms with Crippen molar-refractivity contribution in [2.75, 3.05) is 5.43 Å². The molecule has 0 fully saturated rings. The van der Waals surface area contributed by atoms with Crippen LogP contribution >= 0.6 is 11.6 Å². The molecule has 3 aromatic rings. The van der Waals surface area contributed by atoms with E-state index in [0.717, 1.165) is 0 Å². The summed E-state index contributed by atoms with van der Waals surface area (Å²) in [5.41, 5.74) is 2.76. The second-order valence-electron chi connectivity index (χ2n) is 5.19. The van der Waals surface area contributed by atoms with Gasteiger partial charge in [0.2, 0.25) is 5.95 Å². The number of benzene rings is 2. The van der Waals surface area contributed by atoms with Gasteiger partial charge in [-0.15, -0.1) is 4.83 Å². The highest BCUT2D eigenvalue weighted by Gasteiger charge is 2.16. The van der Waals surface area contributed by atoms with Gasteiger partial charge in [0.15, 0.2) is 0 Å². The number of anilines is 1. The Kier molecular flexibility index (Phi) is 4.76. The molecule has 0 saturated heterocycles. The first-order chi connectivity index (χ1) is 11.9. The predicted octanol–water partition coefficient (Wildman–Crippen LogP) is 2.38. The molecule has 9 heteroatoms. The lowest BCUT2D eigenvalue weighted by molar-refractivity contribution is 0.586. The van der Waals surface area contributed by atoms with Crippen LogP contribution in [0.4, 0.5) is 5.95 Å². The van der Waals surface area contributed by atoms with Crippen LogP contribution in [0.2, 0.25) is 5.02 Å². The number of para-hydroxylation sites is 1. The fourth-order valence-corrected chi connectivity index (χ4v) is 3.31. The predicted molar refractivity (Wildman–Crippen MR) is 97.1 cm³/mol. The molecule has 0 saturated carbocycles. The quantitative estimate of drug-likeness (QED) is 0.665. The van der Waals surface area contributed by atoms with Crippen molar-refractivity contribution >= 4 is 38.5 Å². The van der Waals surface area contributed by atoms with E-state index in [4.69, 9.17) is 11.6 Å². The smallest absolute Gasteiger partial charge is 0.262 e. The Balaban J connectivity index is 1.95. The van der Waals surface area contributed by atoms with Crippen molar-refractivity contribution in [1.29, 1.82) is 0 Å². The number of halogens is 1. The molecular formula is C16H15ClN4O3S. The molecular weight excluding hydrogens is 364 g/mol. The van der Waals surface area contributed by atoms with E-state index in [-0.39, 0.29) is 16.4 Å². The van der Waals surface area contributed by atoms with Gasteiger partial charge in [-0.1, -0.05) is 23.7 Å². The Morgan fingerprint density at radius 1 is 1.12 bits per heavy atom. The van der Waals surface area contributed by atoms with Crippen molar-refractivity contribution in [3.8, 4) is 0 Å². The first kappa shape index (κ1) is 17.4. The normalized spacial score (nSPS) is 11.6. The maximum absolute atomic E-state index is 12.5. The van der Waals surface area contributed by atoms with Crippen molar-refractivity contribution in [3.63, 3.8) is 0 Å². The lowest BCUT2D eigenvalue weighted by Gasteiger charge is -2.14. The summed E-state index contributed by atoms with van der Waals surface area (Å²) in [6.07, 6.45) is 0. The molecule has 0 aliphatic heterocycles. The SMILES string of the molecule is CCn1c(NNS(=O)(=O)c2ccc(Cl)cc2)nc2ccccc2c1=O. The number of sulfonamides is 1. The molecule has 7 nitrogen and oxygen atoms in total. The summed E-state index contributed by atoms with van der Waals surface area (Å²) in [5.74, 6) is 0.115. The van der Waals surface area contributed by atoms with Gasteiger partial charge in [0.25, 0.3) is 15.6 Å². The van der Waals surface area contributed by atoms with Crippen LogP contribution in [-0.4, -0.2) is 18.0 Å². The second kappa shape index (κ2) is 6.83. The lowest BCUT2D eigenvalue weighted by atomic mass is 10.2. The van der Waals surface area contributed by atoms with E-state index in [1.165, 1.54) is 28.8 Å². The molecule has 0 aliphatic rings. The zero-order chi connectivity index (χ0) is 18.0. The molecule has 3 rings (SSSR count). The van der Waals surface area contributed by atoms with Crippen LogP contribution in [0.25, 0.3) is 10.9 Å². The number of hydrazine groups is 1. The van der Waals surface area contributed by atoms with Crippen LogP contribution in [0, 0.1) is 0 Å². The molecule has 0 amide bonds. The van der Waals surface area contributed by atoms with Crippen LogP contribution in [0.15, 0.2) is 58.2 Å².